The quantitative estimate of drug-likeness (QED) is 0.534. The highest BCUT2D eigenvalue weighted by molar-refractivity contribution is 6.02. The van der Waals surface area contributed by atoms with E-state index in [2.05, 4.69) is 10.1 Å². The summed E-state index contributed by atoms with van der Waals surface area (Å²) in [4.78, 5) is 23.4. The smallest absolute Gasteiger partial charge is 0.341 e. The van der Waals surface area contributed by atoms with Crippen molar-refractivity contribution in [2.24, 2.45) is 0 Å². The molecule has 0 aromatic heterocycles. The highest BCUT2D eigenvalue weighted by Crippen LogP contribution is 2.41. The number of carbonyl (C=O) groups is 2. The molecule has 2 rings (SSSR count). The average Bonchev–Trinajstić information content (AvgIpc) is 3.05. The van der Waals surface area contributed by atoms with Gasteiger partial charge < -0.3 is 14.8 Å². The van der Waals surface area contributed by atoms with E-state index in [-0.39, 0.29) is 53.4 Å². The first-order valence-electron chi connectivity index (χ1n) is 8.69. The second-order valence-corrected chi connectivity index (χ2v) is 6.44. The first-order valence-corrected chi connectivity index (χ1v) is 8.69. The molecule has 0 saturated carbocycles. The Labute approximate surface area is 161 Å². The van der Waals surface area contributed by atoms with Crippen molar-refractivity contribution in [3.05, 3.63) is 45.5 Å². The summed E-state index contributed by atoms with van der Waals surface area (Å²) >= 11 is 0. The van der Waals surface area contributed by atoms with Crippen LogP contribution >= 0.6 is 0 Å². The summed E-state index contributed by atoms with van der Waals surface area (Å²) in [5.41, 5.74) is 1.97. The number of carbonyl (C=O) groups excluding carboxylic acids is 2. The third kappa shape index (κ3) is 4.21. The van der Waals surface area contributed by atoms with Gasteiger partial charge in [0, 0.05) is 24.6 Å². The Balaban J connectivity index is 2.57. The first-order chi connectivity index (χ1) is 13.2. The summed E-state index contributed by atoms with van der Waals surface area (Å²) in [7, 11) is 2.82. The number of hydrogen-bond donors (Lipinski definition) is 1. The van der Waals surface area contributed by atoms with Gasteiger partial charge in [-0.05, 0) is 37.8 Å². The van der Waals surface area contributed by atoms with E-state index in [9.17, 15) is 22.8 Å². The SMILES string of the molecule is CNc1c(C/C=C(\C)CCC(=O)OC)c(C(F)=C(F)F)c(C)c2c1C(=O)OC2. The number of benzene rings is 1. The number of esters is 2. The Kier molecular flexibility index (Phi) is 6.88. The molecule has 0 bridgehead atoms. The van der Waals surface area contributed by atoms with Crippen molar-refractivity contribution in [2.75, 3.05) is 19.5 Å². The molecule has 0 radical (unpaired) electrons. The van der Waals surface area contributed by atoms with Crippen LogP contribution in [-0.2, 0) is 27.3 Å². The van der Waals surface area contributed by atoms with Crippen LogP contribution < -0.4 is 5.32 Å². The number of cyclic esters (lactones) is 1. The Morgan fingerprint density at radius 2 is 1.96 bits per heavy atom. The Bertz CT molecular complexity index is 871. The van der Waals surface area contributed by atoms with Gasteiger partial charge in [0.15, 0.2) is 5.83 Å². The van der Waals surface area contributed by atoms with E-state index < -0.39 is 17.9 Å². The molecule has 0 aliphatic carbocycles. The number of rotatable bonds is 7. The zero-order valence-electron chi connectivity index (χ0n) is 16.2. The Morgan fingerprint density at radius 3 is 2.54 bits per heavy atom. The molecule has 1 aromatic carbocycles. The number of allylic oxidation sites excluding steroid dienone is 2. The molecule has 0 amide bonds. The predicted molar refractivity (Wildman–Crippen MR) is 98.8 cm³/mol. The number of anilines is 1. The number of halogens is 3. The third-order valence-corrected chi connectivity index (χ3v) is 4.78. The maximum atomic E-state index is 14.4. The second kappa shape index (κ2) is 8.95. The lowest BCUT2D eigenvalue weighted by molar-refractivity contribution is -0.140. The Hall–Kier alpha value is -2.77. The van der Waals surface area contributed by atoms with Crippen molar-refractivity contribution >= 4 is 23.5 Å². The monoisotopic (exact) mass is 397 g/mol. The number of methoxy groups -OCH3 is 1. The minimum atomic E-state index is -2.43. The Morgan fingerprint density at radius 1 is 1.29 bits per heavy atom. The lowest BCUT2D eigenvalue weighted by Crippen LogP contribution is -2.10. The van der Waals surface area contributed by atoms with E-state index in [1.165, 1.54) is 21.1 Å². The van der Waals surface area contributed by atoms with Crippen molar-refractivity contribution in [3.8, 4) is 0 Å². The van der Waals surface area contributed by atoms with Gasteiger partial charge in [0.25, 0.3) is 0 Å². The van der Waals surface area contributed by atoms with E-state index in [0.29, 0.717) is 12.0 Å². The summed E-state index contributed by atoms with van der Waals surface area (Å²) in [6, 6.07) is 0. The van der Waals surface area contributed by atoms with Gasteiger partial charge in [0.1, 0.15) is 6.61 Å². The summed E-state index contributed by atoms with van der Waals surface area (Å²) in [6.07, 6.45) is -0.0201. The zero-order chi connectivity index (χ0) is 21.0. The van der Waals surface area contributed by atoms with Gasteiger partial charge in [0.2, 0.25) is 0 Å². The lowest BCUT2D eigenvalue weighted by Gasteiger charge is -2.19. The summed E-state index contributed by atoms with van der Waals surface area (Å²) in [6.45, 7) is 3.19. The van der Waals surface area contributed by atoms with Crippen molar-refractivity contribution in [1.82, 2.24) is 0 Å². The molecule has 5 nitrogen and oxygen atoms in total. The van der Waals surface area contributed by atoms with Gasteiger partial charge in [-0.3, -0.25) is 4.79 Å². The largest absolute Gasteiger partial charge is 0.469 e. The van der Waals surface area contributed by atoms with Gasteiger partial charge in [-0.15, -0.1) is 0 Å². The van der Waals surface area contributed by atoms with Gasteiger partial charge in [-0.1, -0.05) is 11.6 Å². The van der Waals surface area contributed by atoms with Crippen LogP contribution in [0.3, 0.4) is 0 Å². The highest BCUT2D eigenvalue weighted by Gasteiger charge is 2.32. The highest BCUT2D eigenvalue weighted by atomic mass is 19.3. The fourth-order valence-corrected chi connectivity index (χ4v) is 3.26. The van der Waals surface area contributed by atoms with Gasteiger partial charge in [-0.2, -0.15) is 8.78 Å². The predicted octanol–water partition coefficient (Wildman–Crippen LogP) is 4.68. The number of fused-ring (bicyclic) bond motifs is 1. The van der Waals surface area contributed by atoms with Crippen molar-refractivity contribution in [3.63, 3.8) is 0 Å². The van der Waals surface area contributed by atoms with Gasteiger partial charge >= 0.3 is 18.0 Å². The fraction of sp³-hybridized carbons (Fsp3) is 0.400. The van der Waals surface area contributed by atoms with Crippen LogP contribution in [-0.4, -0.2) is 26.1 Å². The molecule has 1 N–H and O–H groups in total. The molecule has 0 unspecified atom stereocenters. The molecule has 1 aromatic rings. The van der Waals surface area contributed by atoms with Crippen LogP contribution in [0.5, 0.6) is 0 Å². The van der Waals surface area contributed by atoms with Crippen LogP contribution in [0.4, 0.5) is 18.9 Å². The first kappa shape index (κ1) is 21.5. The summed E-state index contributed by atoms with van der Waals surface area (Å²) < 4.78 is 50.2. The molecule has 28 heavy (non-hydrogen) atoms. The van der Waals surface area contributed by atoms with E-state index in [1.807, 2.05) is 0 Å². The van der Waals surface area contributed by atoms with Crippen LogP contribution in [0.1, 0.15) is 52.4 Å². The van der Waals surface area contributed by atoms with E-state index in [4.69, 9.17) is 4.74 Å². The molecule has 0 fully saturated rings. The normalized spacial score (nSPS) is 13.1. The van der Waals surface area contributed by atoms with Crippen molar-refractivity contribution in [2.45, 2.75) is 39.7 Å². The molecular formula is C20H22F3NO4. The van der Waals surface area contributed by atoms with Gasteiger partial charge in [-0.25, -0.2) is 9.18 Å². The van der Waals surface area contributed by atoms with Crippen LogP contribution in [0, 0.1) is 6.92 Å². The summed E-state index contributed by atoms with van der Waals surface area (Å²) in [5.74, 6) is -2.56. The van der Waals surface area contributed by atoms with Crippen LogP contribution in [0.25, 0.3) is 5.83 Å². The standard InChI is InChI=1S/C20H22F3NO4/c1-10(6-8-14(25)27-4)5-7-12-15(17(21)19(22)23)11(2)13-9-28-20(26)16(13)18(12)24-3/h5,24H,6-9H2,1-4H3/b10-5+. The number of ether oxygens (including phenoxy) is 2. The van der Waals surface area contributed by atoms with Crippen molar-refractivity contribution < 1.29 is 32.2 Å². The van der Waals surface area contributed by atoms with E-state index in [0.717, 1.165) is 5.57 Å². The molecule has 1 aliphatic rings. The minimum absolute atomic E-state index is 0.0862. The number of hydrogen-bond acceptors (Lipinski definition) is 5. The average molecular weight is 397 g/mol. The van der Waals surface area contributed by atoms with Gasteiger partial charge in [0.05, 0.1) is 18.4 Å². The van der Waals surface area contributed by atoms with Crippen LogP contribution in [0.15, 0.2) is 17.7 Å². The fourth-order valence-electron chi connectivity index (χ4n) is 3.26. The molecular weight excluding hydrogens is 375 g/mol. The molecule has 152 valence electrons. The molecule has 0 spiro atoms. The number of nitrogens with one attached hydrogen (secondary N) is 1. The minimum Gasteiger partial charge on any atom is -0.469 e. The molecule has 8 heteroatoms. The molecule has 1 heterocycles. The zero-order valence-corrected chi connectivity index (χ0v) is 16.2. The summed E-state index contributed by atoms with van der Waals surface area (Å²) in [5, 5.41) is 2.83. The van der Waals surface area contributed by atoms with Crippen molar-refractivity contribution in [1.29, 1.82) is 0 Å². The van der Waals surface area contributed by atoms with Crippen LogP contribution in [0.2, 0.25) is 0 Å². The molecule has 1 aliphatic heterocycles. The maximum Gasteiger partial charge on any atom is 0.341 e. The van der Waals surface area contributed by atoms with E-state index in [1.54, 1.807) is 13.0 Å². The molecule has 0 atom stereocenters. The lowest BCUT2D eigenvalue weighted by atomic mass is 9.88. The third-order valence-electron chi connectivity index (χ3n) is 4.78. The second-order valence-electron chi connectivity index (χ2n) is 6.44. The topological polar surface area (TPSA) is 64.6 Å². The maximum absolute atomic E-state index is 14.4. The van der Waals surface area contributed by atoms with E-state index >= 15 is 0 Å². The molecule has 0 saturated heterocycles.